The topological polar surface area (TPSA) is 50.9 Å². The molecule has 0 radical (unpaired) electrons. The minimum atomic E-state index is -0.0357. The zero-order valence-corrected chi connectivity index (χ0v) is 11.8. The average molecular weight is 296 g/mol. The number of hydrazine groups is 1. The molecule has 5 heteroatoms. The molecule has 0 saturated heterocycles. The zero-order chi connectivity index (χ0) is 13.7. The van der Waals surface area contributed by atoms with E-state index in [0.717, 1.165) is 18.4 Å². The lowest BCUT2D eigenvalue weighted by Gasteiger charge is -2.18. The summed E-state index contributed by atoms with van der Waals surface area (Å²) in [6, 6.07) is 9.50. The number of nitrogens with zero attached hydrogens (tertiary/aromatic N) is 1. The molecular formula is C14H15Cl2N3. The van der Waals surface area contributed by atoms with Gasteiger partial charge >= 0.3 is 0 Å². The van der Waals surface area contributed by atoms with Crippen molar-refractivity contribution in [2.24, 2.45) is 5.84 Å². The third-order valence-electron chi connectivity index (χ3n) is 3.00. The lowest BCUT2D eigenvalue weighted by atomic mass is 10.00. The van der Waals surface area contributed by atoms with Crippen LogP contribution >= 0.6 is 23.2 Å². The zero-order valence-electron chi connectivity index (χ0n) is 10.3. The Morgan fingerprint density at radius 3 is 2.74 bits per heavy atom. The third-order valence-corrected chi connectivity index (χ3v) is 3.84. The number of nitrogens with two attached hydrogens (primary N) is 1. The normalized spacial score (nSPS) is 12.4. The first kappa shape index (κ1) is 14.3. The molecule has 2 rings (SSSR count). The van der Waals surface area contributed by atoms with Crippen LogP contribution in [0.15, 0.2) is 42.7 Å². The molecule has 1 heterocycles. The molecule has 3 nitrogen and oxygen atoms in total. The molecule has 19 heavy (non-hydrogen) atoms. The smallest absolute Gasteiger partial charge is 0.0640 e. The predicted molar refractivity (Wildman–Crippen MR) is 79.1 cm³/mol. The summed E-state index contributed by atoms with van der Waals surface area (Å²) in [5.41, 5.74) is 4.88. The van der Waals surface area contributed by atoms with Gasteiger partial charge < -0.3 is 0 Å². The SMILES string of the molecule is NNC(CCc1cccnc1)c1cccc(Cl)c1Cl. The first-order valence-electron chi connectivity index (χ1n) is 6.01. The molecule has 1 unspecified atom stereocenters. The van der Waals surface area contributed by atoms with Crippen LogP contribution in [0.2, 0.25) is 10.0 Å². The maximum atomic E-state index is 6.21. The highest BCUT2D eigenvalue weighted by Crippen LogP contribution is 2.31. The number of aromatic nitrogens is 1. The van der Waals surface area contributed by atoms with E-state index in [1.807, 2.05) is 30.5 Å². The lowest BCUT2D eigenvalue weighted by molar-refractivity contribution is 0.516. The molecule has 0 saturated carbocycles. The first-order valence-corrected chi connectivity index (χ1v) is 6.77. The number of rotatable bonds is 5. The fourth-order valence-electron chi connectivity index (χ4n) is 1.98. The van der Waals surface area contributed by atoms with Gasteiger partial charge in [-0.1, -0.05) is 41.4 Å². The molecule has 0 amide bonds. The fourth-order valence-corrected chi connectivity index (χ4v) is 2.41. The Bertz CT molecular complexity index is 531. The predicted octanol–water partition coefficient (Wildman–Crippen LogP) is 3.53. The van der Waals surface area contributed by atoms with E-state index in [1.165, 1.54) is 5.56 Å². The molecule has 1 atom stereocenters. The van der Waals surface area contributed by atoms with Gasteiger partial charge in [0.1, 0.15) is 0 Å². The summed E-state index contributed by atoms with van der Waals surface area (Å²) >= 11 is 12.2. The number of benzene rings is 1. The molecule has 1 aromatic heterocycles. The quantitative estimate of drug-likeness (QED) is 0.655. The van der Waals surface area contributed by atoms with Crippen LogP contribution in [0.1, 0.15) is 23.6 Å². The first-order chi connectivity index (χ1) is 9.22. The molecule has 0 spiro atoms. The van der Waals surface area contributed by atoms with Gasteiger partial charge in [0.2, 0.25) is 0 Å². The molecule has 1 aromatic carbocycles. The molecule has 3 N–H and O–H groups in total. The maximum Gasteiger partial charge on any atom is 0.0640 e. The van der Waals surface area contributed by atoms with E-state index in [-0.39, 0.29) is 6.04 Å². The Morgan fingerprint density at radius 1 is 1.21 bits per heavy atom. The van der Waals surface area contributed by atoms with Gasteiger partial charge in [0.05, 0.1) is 10.0 Å². The minimum absolute atomic E-state index is 0.0357. The van der Waals surface area contributed by atoms with E-state index in [9.17, 15) is 0 Å². The van der Waals surface area contributed by atoms with E-state index in [0.29, 0.717) is 10.0 Å². The highest BCUT2D eigenvalue weighted by atomic mass is 35.5. The Kier molecular flexibility index (Phi) is 5.16. The van der Waals surface area contributed by atoms with Gasteiger partial charge in [0.15, 0.2) is 0 Å². The monoisotopic (exact) mass is 295 g/mol. The van der Waals surface area contributed by atoms with Crippen molar-refractivity contribution >= 4 is 23.2 Å². The molecular weight excluding hydrogens is 281 g/mol. The van der Waals surface area contributed by atoms with Crippen molar-refractivity contribution < 1.29 is 0 Å². The Balaban J connectivity index is 2.10. The molecule has 100 valence electrons. The summed E-state index contributed by atoms with van der Waals surface area (Å²) in [5, 5.41) is 1.10. The molecule has 0 aliphatic rings. The molecule has 0 aliphatic carbocycles. The Hall–Kier alpha value is -1.13. The van der Waals surface area contributed by atoms with Crippen LogP contribution < -0.4 is 11.3 Å². The van der Waals surface area contributed by atoms with E-state index in [2.05, 4.69) is 10.4 Å². The number of hydrogen-bond acceptors (Lipinski definition) is 3. The van der Waals surface area contributed by atoms with Gasteiger partial charge in [-0.05, 0) is 36.1 Å². The highest BCUT2D eigenvalue weighted by Gasteiger charge is 2.14. The van der Waals surface area contributed by atoms with Gasteiger partial charge in [-0.15, -0.1) is 0 Å². The van der Waals surface area contributed by atoms with Crippen molar-refractivity contribution in [3.8, 4) is 0 Å². The fraction of sp³-hybridized carbons (Fsp3) is 0.214. The third kappa shape index (κ3) is 3.67. The summed E-state index contributed by atoms with van der Waals surface area (Å²) in [5.74, 6) is 5.62. The number of halogens is 2. The van der Waals surface area contributed by atoms with Crippen LogP contribution in [-0.4, -0.2) is 4.98 Å². The van der Waals surface area contributed by atoms with Crippen LogP contribution in [0, 0.1) is 0 Å². The van der Waals surface area contributed by atoms with Crippen LogP contribution in [0.5, 0.6) is 0 Å². The van der Waals surface area contributed by atoms with Crippen molar-refractivity contribution in [1.82, 2.24) is 10.4 Å². The van der Waals surface area contributed by atoms with Crippen molar-refractivity contribution in [2.45, 2.75) is 18.9 Å². The van der Waals surface area contributed by atoms with Crippen molar-refractivity contribution in [3.63, 3.8) is 0 Å². The second-order valence-electron chi connectivity index (χ2n) is 4.26. The van der Waals surface area contributed by atoms with Crippen LogP contribution in [0.3, 0.4) is 0 Å². The van der Waals surface area contributed by atoms with Crippen LogP contribution in [-0.2, 0) is 6.42 Å². The molecule has 0 bridgehead atoms. The van der Waals surface area contributed by atoms with Crippen LogP contribution in [0.4, 0.5) is 0 Å². The number of nitrogens with one attached hydrogen (secondary N) is 1. The highest BCUT2D eigenvalue weighted by molar-refractivity contribution is 6.42. The number of aryl methyl sites for hydroxylation is 1. The summed E-state index contributed by atoms with van der Waals surface area (Å²) in [7, 11) is 0. The summed E-state index contributed by atoms with van der Waals surface area (Å²) in [6.07, 6.45) is 5.30. The van der Waals surface area contributed by atoms with Crippen molar-refractivity contribution in [2.75, 3.05) is 0 Å². The van der Waals surface area contributed by atoms with E-state index in [1.54, 1.807) is 12.3 Å². The summed E-state index contributed by atoms with van der Waals surface area (Å²) < 4.78 is 0. The van der Waals surface area contributed by atoms with E-state index < -0.39 is 0 Å². The number of hydrogen-bond donors (Lipinski definition) is 2. The maximum absolute atomic E-state index is 6.21. The summed E-state index contributed by atoms with van der Waals surface area (Å²) in [6.45, 7) is 0. The number of pyridine rings is 1. The van der Waals surface area contributed by atoms with Crippen molar-refractivity contribution in [3.05, 3.63) is 63.9 Å². The Morgan fingerprint density at radius 2 is 2.05 bits per heavy atom. The van der Waals surface area contributed by atoms with Gasteiger partial charge in [-0.3, -0.25) is 16.3 Å². The summed E-state index contributed by atoms with van der Waals surface area (Å²) in [4.78, 5) is 4.09. The second-order valence-corrected chi connectivity index (χ2v) is 5.05. The average Bonchev–Trinajstić information content (AvgIpc) is 2.45. The molecule has 2 aromatic rings. The molecule has 0 aliphatic heterocycles. The van der Waals surface area contributed by atoms with Gasteiger partial charge in [-0.2, -0.15) is 0 Å². The standard InChI is InChI=1S/C14H15Cl2N3/c15-12-5-1-4-11(14(12)16)13(19-17)7-6-10-3-2-8-18-9-10/h1-5,8-9,13,19H,6-7,17H2. The Labute approximate surface area is 122 Å². The van der Waals surface area contributed by atoms with E-state index >= 15 is 0 Å². The van der Waals surface area contributed by atoms with Gasteiger partial charge in [-0.25, -0.2) is 0 Å². The largest absolute Gasteiger partial charge is 0.271 e. The minimum Gasteiger partial charge on any atom is -0.271 e. The van der Waals surface area contributed by atoms with Gasteiger partial charge in [0, 0.05) is 18.4 Å². The lowest BCUT2D eigenvalue weighted by Crippen LogP contribution is -2.28. The van der Waals surface area contributed by atoms with E-state index in [4.69, 9.17) is 29.0 Å². The van der Waals surface area contributed by atoms with Crippen LogP contribution in [0.25, 0.3) is 0 Å². The van der Waals surface area contributed by atoms with Crippen molar-refractivity contribution in [1.29, 1.82) is 0 Å². The molecule has 0 fully saturated rings. The van der Waals surface area contributed by atoms with Gasteiger partial charge in [0.25, 0.3) is 0 Å². The second kappa shape index (κ2) is 6.87.